The molecule has 0 bridgehead atoms. The SMILES string of the molecule is CCC(C)(OC)C(=O)Cc1ccccc1F. The molecule has 0 N–H and O–H groups in total. The van der Waals surface area contributed by atoms with E-state index in [0.29, 0.717) is 12.0 Å². The van der Waals surface area contributed by atoms with Gasteiger partial charge in [-0.1, -0.05) is 25.1 Å². The molecule has 0 saturated carbocycles. The minimum Gasteiger partial charge on any atom is -0.371 e. The van der Waals surface area contributed by atoms with Gasteiger partial charge in [-0.25, -0.2) is 4.39 Å². The molecule has 0 aliphatic heterocycles. The fourth-order valence-corrected chi connectivity index (χ4v) is 1.46. The van der Waals surface area contributed by atoms with Crippen LogP contribution in [0.2, 0.25) is 0 Å². The van der Waals surface area contributed by atoms with Crippen molar-refractivity contribution in [3.63, 3.8) is 0 Å². The van der Waals surface area contributed by atoms with E-state index < -0.39 is 5.60 Å². The number of benzene rings is 1. The number of carbonyl (C=O) groups excluding carboxylic acids is 1. The molecule has 0 aromatic heterocycles. The Kier molecular flexibility index (Phi) is 4.19. The molecule has 0 radical (unpaired) electrons. The fraction of sp³-hybridized carbons (Fsp3) is 0.462. The monoisotopic (exact) mass is 224 g/mol. The van der Waals surface area contributed by atoms with Gasteiger partial charge in [-0.2, -0.15) is 0 Å². The van der Waals surface area contributed by atoms with Crippen LogP contribution >= 0.6 is 0 Å². The number of ether oxygens (including phenoxy) is 1. The number of carbonyl (C=O) groups is 1. The molecule has 0 spiro atoms. The van der Waals surface area contributed by atoms with Crippen molar-refractivity contribution < 1.29 is 13.9 Å². The zero-order chi connectivity index (χ0) is 12.2. The van der Waals surface area contributed by atoms with Crippen molar-refractivity contribution in [3.05, 3.63) is 35.6 Å². The largest absolute Gasteiger partial charge is 0.371 e. The molecule has 0 fully saturated rings. The average molecular weight is 224 g/mol. The number of halogens is 1. The molecule has 0 aliphatic rings. The van der Waals surface area contributed by atoms with E-state index in [2.05, 4.69) is 0 Å². The maximum Gasteiger partial charge on any atom is 0.168 e. The van der Waals surface area contributed by atoms with Crippen LogP contribution in [0.1, 0.15) is 25.8 Å². The van der Waals surface area contributed by atoms with E-state index in [9.17, 15) is 9.18 Å². The molecule has 1 rings (SSSR count). The standard InChI is InChI=1S/C13H17FO2/c1-4-13(2,16-3)12(15)9-10-7-5-6-8-11(10)14/h5-8H,4,9H2,1-3H3. The van der Waals surface area contributed by atoms with Crippen LogP contribution in [0.5, 0.6) is 0 Å². The Bertz CT molecular complexity index is 370. The van der Waals surface area contributed by atoms with Gasteiger partial charge in [0.05, 0.1) is 0 Å². The molecule has 1 aromatic rings. The topological polar surface area (TPSA) is 26.3 Å². The van der Waals surface area contributed by atoms with Crippen LogP contribution in [-0.2, 0) is 16.0 Å². The van der Waals surface area contributed by atoms with Gasteiger partial charge in [-0.15, -0.1) is 0 Å². The lowest BCUT2D eigenvalue weighted by atomic mass is 9.92. The summed E-state index contributed by atoms with van der Waals surface area (Å²) in [5, 5.41) is 0. The first-order valence-electron chi connectivity index (χ1n) is 5.35. The lowest BCUT2D eigenvalue weighted by Gasteiger charge is -2.24. The number of rotatable bonds is 5. The molecule has 16 heavy (non-hydrogen) atoms. The van der Waals surface area contributed by atoms with Crippen LogP contribution in [0.4, 0.5) is 4.39 Å². The van der Waals surface area contributed by atoms with E-state index in [0.717, 1.165) is 0 Å². The molecule has 0 amide bonds. The lowest BCUT2D eigenvalue weighted by molar-refractivity contribution is -0.138. The number of methoxy groups -OCH3 is 1. The molecular weight excluding hydrogens is 207 g/mol. The van der Waals surface area contributed by atoms with Crippen molar-refractivity contribution in [3.8, 4) is 0 Å². The maximum absolute atomic E-state index is 13.4. The van der Waals surface area contributed by atoms with Gasteiger partial charge in [0.1, 0.15) is 11.4 Å². The van der Waals surface area contributed by atoms with Gasteiger partial charge in [0, 0.05) is 13.5 Å². The zero-order valence-corrected chi connectivity index (χ0v) is 9.92. The predicted octanol–water partition coefficient (Wildman–Crippen LogP) is 2.75. The highest BCUT2D eigenvalue weighted by Crippen LogP contribution is 2.19. The fourth-order valence-electron chi connectivity index (χ4n) is 1.46. The van der Waals surface area contributed by atoms with Crippen LogP contribution in [-0.4, -0.2) is 18.5 Å². The van der Waals surface area contributed by atoms with E-state index in [1.165, 1.54) is 13.2 Å². The normalized spacial score (nSPS) is 14.5. The summed E-state index contributed by atoms with van der Waals surface area (Å²) in [7, 11) is 1.50. The van der Waals surface area contributed by atoms with Crippen molar-refractivity contribution >= 4 is 5.78 Å². The Morgan fingerprint density at radius 2 is 2.06 bits per heavy atom. The summed E-state index contributed by atoms with van der Waals surface area (Å²) in [6, 6.07) is 6.32. The quantitative estimate of drug-likeness (QED) is 0.768. The molecule has 3 heteroatoms. The first-order valence-corrected chi connectivity index (χ1v) is 5.35. The highest BCUT2D eigenvalue weighted by molar-refractivity contribution is 5.88. The molecule has 0 heterocycles. The Morgan fingerprint density at radius 1 is 1.44 bits per heavy atom. The van der Waals surface area contributed by atoms with Gasteiger partial charge < -0.3 is 4.74 Å². The molecular formula is C13H17FO2. The van der Waals surface area contributed by atoms with Gasteiger partial charge in [0.2, 0.25) is 0 Å². The smallest absolute Gasteiger partial charge is 0.168 e. The van der Waals surface area contributed by atoms with E-state index in [-0.39, 0.29) is 18.0 Å². The predicted molar refractivity (Wildman–Crippen MR) is 60.8 cm³/mol. The third kappa shape index (κ3) is 2.67. The number of hydrogen-bond donors (Lipinski definition) is 0. The summed E-state index contributed by atoms with van der Waals surface area (Å²) >= 11 is 0. The van der Waals surface area contributed by atoms with Gasteiger partial charge in [0.15, 0.2) is 5.78 Å². The molecule has 1 unspecified atom stereocenters. The second-order valence-electron chi connectivity index (χ2n) is 3.98. The van der Waals surface area contributed by atoms with Crippen LogP contribution in [0.15, 0.2) is 24.3 Å². The van der Waals surface area contributed by atoms with Crippen molar-refractivity contribution in [2.75, 3.05) is 7.11 Å². The summed E-state index contributed by atoms with van der Waals surface area (Å²) in [6.45, 7) is 3.61. The van der Waals surface area contributed by atoms with Gasteiger partial charge in [-0.3, -0.25) is 4.79 Å². The number of ketones is 1. The highest BCUT2D eigenvalue weighted by Gasteiger charge is 2.30. The van der Waals surface area contributed by atoms with E-state index in [1.54, 1.807) is 25.1 Å². The Hall–Kier alpha value is -1.22. The summed E-state index contributed by atoms with van der Waals surface area (Å²) in [4.78, 5) is 12.0. The van der Waals surface area contributed by atoms with Crippen molar-refractivity contribution in [1.29, 1.82) is 0 Å². The molecule has 0 aliphatic carbocycles. The van der Waals surface area contributed by atoms with E-state index >= 15 is 0 Å². The maximum atomic E-state index is 13.4. The van der Waals surface area contributed by atoms with Crippen molar-refractivity contribution in [2.24, 2.45) is 0 Å². The lowest BCUT2D eigenvalue weighted by Crippen LogP contribution is -2.38. The van der Waals surface area contributed by atoms with Gasteiger partial charge in [0.25, 0.3) is 0 Å². The van der Waals surface area contributed by atoms with Crippen molar-refractivity contribution in [2.45, 2.75) is 32.3 Å². The van der Waals surface area contributed by atoms with Gasteiger partial charge >= 0.3 is 0 Å². The van der Waals surface area contributed by atoms with Crippen molar-refractivity contribution in [1.82, 2.24) is 0 Å². The Balaban J connectivity index is 2.83. The first kappa shape index (κ1) is 12.8. The summed E-state index contributed by atoms with van der Waals surface area (Å²) in [5.74, 6) is -0.437. The van der Waals surface area contributed by atoms with E-state index in [1.807, 2.05) is 6.92 Å². The molecule has 88 valence electrons. The average Bonchev–Trinajstić information content (AvgIpc) is 2.31. The Labute approximate surface area is 95.4 Å². The number of Topliss-reactive ketones (excluding diaryl/α,β-unsaturated/α-hetero) is 1. The minimum atomic E-state index is -0.817. The van der Waals surface area contributed by atoms with E-state index in [4.69, 9.17) is 4.74 Å². The van der Waals surface area contributed by atoms with Crippen LogP contribution < -0.4 is 0 Å². The van der Waals surface area contributed by atoms with Crippen LogP contribution in [0.25, 0.3) is 0 Å². The molecule has 1 atom stereocenters. The second-order valence-corrected chi connectivity index (χ2v) is 3.98. The molecule has 1 aromatic carbocycles. The summed E-state index contributed by atoms with van der Waals surface area (Å²) in [5.41, 5.74) is -0.397. The minimum absolute atomic E-state index is 0.0743. The van der Waals surface area contributed by atoms with Gasteiger partial charge in [-0.05, 0) is 25.0 Å². The third-order valence-corrected chi connectivity index (χ3v) is 3.02. The third-order valence-electron chi connectivity index (χ3n) is 3.02. The zero-order valence-electron chi connectivity index (χ0n) is 9.92. The summed E-state index contributed by atoms with van der Waals surface area (Å²) < 4.78 is 18.5. The first-order chi connectivity index (χ1) is 7.53. The van der Waals surface area contributed by atoms with Crippen LogP contribution in [0, 0.1) is 5.82 Å². The van der Waals surface area contributed by atoms with Crippen LogP contribution in [0.3, 0.4) is 0 Å². The summed E-state index contributed by atoms with van der Waals surface area (Å²) in [6.07, 6.45) is 0.654. The second kappa shape index (κ2) is 5.21. The number of hydrogen-bond acceptors (Lipinski definition) is 2. The highest BCUT2D eigenvalue weighted by atomic mass is 19.1. The molecule has 0 saturated heterocycles. The molecule has 2 nitrogen and oxygen atoms in total. The Morgan fingerprint density at radius 3 is 2.56 bits per heavy atom.